The molecule has 3 rings (SSSR count). The van der Waals surface area contributed by atoms with Crippen molar-refractivity contribution in [1.29, 1.82) is 0 Å². The number of hydrogen-bond donors (Lipinski definition) is 0. The summed E-state index contributed by atoms with van der Waals surface area (Å²) in [6.45, 7) is 4.04. The number of methoxy groups -OCH3 is 1. The Morgan fingerprint density at radius 2 is 2.17 bits per heavy atom. The van der Waals surface area contributed by atoms with Crippen LogP contribution in [0.3, 0.4) is 0 Å². The number of benzene rings is 1. The van der Waals surface area contributed by atoms with Crippen LogP contribution in [0.5, 0.6) is 5.75 Å². The molecule has 2 aliphatic heterocycles. The van der Waals surface area contributed by atoms with Crippen molar-refractivity contribution in [2.75, 3.05) is 33.4 Å². The number of ether oxygens (including phenoxy) is 3. The second-order valence-electron chi connectivity index (χ2n) is 6.05. The fourth-order valence-electron chi connectivity index (χ4n) is 3.26. The summed E-state index contributed by atoms with van der Waals surface area (Å²) in [5.41, 5.74) is -0.385. The summed E-state index contributed by atoms with van der Waals surface area (Å²) in [4.78, 5) is 0.254. The zero-order valence-electron chi connectivity index (χ0n) is 13.5. The molecule has 6 nitrogen and oxygen atoms in total. The van der Waals surface area contributed by atoms with E-state index in [0.29, 0.717) is 32.1 Å². The van der Waals surface area contributed by atoms with Gasteiger partial charge in [0.1, 0.15) is 5.75 Å². The van der Waals surface area contributed by atoms with Crippen LogP contribution in [-0.4, -0.2) is 57.8 Å². The first-order valence-corrected chi connectivity index (χ1v) is 9.33. The van der Waals surface area contributed by atoms with E-state index >= 15 is 0 Å². The number of sulfonamides is 1. The van der Waals surface area contributed by atoms with Gasteiger partial charge in [-0.15, -0.1) is 0 Å². The number of nitrogens with zero attached hydrogens (tertiary/aromatic N) is 1. The van der Waals surface area contributed by atoms with E-state index < -0.39 is 10.0 Å². The van der Waals surface area contributed by atoms with E-state index in [2.05, 4.69) is 0 Å². The minimum Gasteiger partial charge on any atom is -0.497 e. The van der Waals surface area contributed by atoms with Gasteiger partial charge in [-0.05, 0) is 25.5 Å². The Kier molecular flexibility index (Phi) is 4.64. The molecule has 2 fully saturated rings. The first-order valence-electron chi connectivity index (χ1n) is 7.89. The van der Waals surface area contributed by atoms with Crippen LogP contribution in [-0.2, 0) is 19.5 Å². The highest BCUT2D eigenvalue weighted by atomic mass is 32.2. The zero-order chi connectivity index (χ0) is 16.5. The molecule has 7 heteroatoms. The van der Waals surface area contributed by atoms with Gasteiger partial charge < -0.3 is 14.2 Å². The molecule has 128 valence electrons. The molecule has 0 amide bonds. The minimum absolute atomic E-state index is 0.162. The highest BCUT2D eigenvalue weighted by Crippen LogP contribution is 2.38. The molecule has 1 atom stereocenters. The van der Waals surface area contributed by atoms with Crippen LogP contribution >= 0.6 is 0 Å². The molecule has 0 unspecified atom stereocenters. The maximum absolute atomic E-state index is 12.7. The molecule has 2 heterocycles. The summed E-state index contributed by atoms with van der Waals surface area (Å²) in [5.74, 6) is 0.534. The molecule has 0 N–H and O–H groups in total. The Morgan fingerprint density at radius 3 is 2.87 bits per heavy atom. The Balaban J connectivity index is 1.70. The average Bonchev–Trinajstić information content (AvgIpc) is 2.53. The summed E-state index contributed by atoms with van der Waals surface area (Å²) in [6, 6.07) is 6.55. The van der Waals surface area contributed by atoms with Gasteiger partial charge in [0.05, 0.1) is 23.7 Å². The quantitative estimate of drug-likeness (QED) is 0.815. The lowest BCUT2D eigenvalue weighted by Gasteiger charge is -2.52. The zero-order valence-corrected chi connectivity index (χ0v) is 14.3. The van der Waals surface area contributed by atoms with Crippen molar-refractivity contribution in [2.24, 2.45) is 0 Å². The second kappa shape index (κ2) is 6.39. The van der Waals surface area contributed by atoms with Crippen LogP contribution in [0.25, 0.3) is 0 Å². The summed E-state index contributed by atoms with van der Waals surface area (Å²) in [5, 5.41) is 0. The molecule has 2 saturated heterocycles. The Labute approximate surface area is 137 Å². The third kappa shape index (κ3) is 3.24. The van der Waals surface area contributed by atoms with Crippen molar-refractivity contribution in [1.82, 2.24) is 4.31 Å². The van der Waals surface area contributed by atoms with Gasteiger partial charge in [-0.3, -0.25) is 0 Å². The van der Waals surface area contributed by atoms with Crippen LogP contribution in [0.15, 0.2) is 29.2 Å². The van der Waals surface area contributed by atoms with Gasteiger partial charge in [-0.25, -0.2) is 8.42 Å². The van der Waals surface area contributed by atoms with Gasteiger partial charge in [0, 0.05) is 38.8 Å². The maximum Gasteiger partial charge on any atom is 0.243 e. The van der Waals surface area contributed by atoms with E-state index in [1.807, 2.05) is 6.92 Å². The van der Waals surface area contributed by atoms with Gasteiger partial charge in [-0.1, -0.05) is 6.07 Å². The molecule has 23 heavy (non-hydrogen) atoms. The normalized spacial score (nSPS) is 24.3. The lowest BCUT2D eigenvalue weighted by Crippen LogP contribution is -2.67. The highest BCUT2D eigenvalue weighted by Gasteiger charge is 2.52. The topological polar surface area (TPSA) is 65.1 Å². The third-order valence-corrected chi connectivity index (χ3v) is 6.25. The Hall–Kier alpha value is -1.15. The lowest BCUT2D eigenvalue weighted by molar-refractivity contribution is -0.177. The fraction of sp³-hybridized carbons (Fsp3) is 0.625. The van der Waals surface area contributed by atoms with E-state index in [9.17, 15) is 8.42 Å². The van der Waals surface area contributed by atoms with Gasteiger partial charge in [0.25, 0.3) is 0 Å². The van der Waals surface area contributed by atoms with E-state index in [-0.39, 0.29) is 16.6 Å². The van der Waals surface area contributed by atoms with Gasteiger partial charge in [-0.2, -0.15) is 4.31 Å². The summed E-state index contributed by atoms with van der Waals surface area (Å²) in [6.07, 6.45) is 1.79. The van der Waals surface area contributed by atoms with Gasteiger partial charge in [0.2, 0.25) is 10.0 Å². The first kappa shape index (κ1) is 16.7. The molecule has 1 spiro atoms. The van der Waals surface area contributed by atoms with E-state index in [1.165, 1.54) is 11.4 Å². The Morgan fingerprint density at radius 1 is 1.39 bits per heavy atom. The van der Waals surface area contributed by atoms with Crippen LogP contribution < -0.4 is 4.74 Å². The highest BCUT2D eigenvalue weighted by molar-refractivity contribution is 7.89. The predicted octanol–water partition coefficient (Wildman–Crippen LogP) is 1.65. The Bertz CT molecular complexity index is 652. The fourth-order valence-corrected chi connectivity index (χ4v) is 4.88. The summed E-state index contributed by atoms with van der Waals surface area (Å²) >= 11 is 0. The SMILES string of the molecule is CCO[C@H]1CCOC2(C1)CN(S(=O)(=O)c1cccc(OC)c1)C2. The van der Waals surface area contributed by atoms with Crippen molar-refractivity contribution >= 4 is 10.0 Å². The van der Waals surface area contributed by atoms with Crippen molar-refractivity contribution in [3.8, 4) is 5.75 Å². The first-order chi connectivity index (χ1) is 11.0. The maximum atomic E-state index is 12.7. The number of hydrogen-bond acceptors (Lipinski definition) is 5. The predicted molar refractivity (Wildman–Crippen MR) is 85.1 cm³/mol. The molecule has 1 aromatic rings. The second-order valence-corrected chi connectivity index (χ2v) is 7.99. The molecule has 2 aliphatic rings. The van der Waals surface area contributed by atoms with E-state index in [4.69, 9.17) is 14.2 Å². The van der Waals surface area contributed by atoms with Gasteiger partial charge >= 0.3 is 0 Å². The lowest BCUT2D eigenvalue weighted by atomic mass is 9.86. The van der Waals surface area contributed by atoms with Crippen LogP contribution in [0.1, 0.15) is 19.8 Å². The molecule has 0 saturated carbocycles. The van der Waals surface area contributed by atoms with Crippen LogP contribution in [0, 0.1) is 0 Å². The number of rotatable bonds is 5. The van der Waals surface area contributed by atoms with Crippen molar-refractivity contribution in [2.45, 2.75) is 36.4 Å². The van der Waals surface area contributed by atoms with E-state index in [0.717, 1.165) is 12.8 Å². The monoisotopic (exact) mass is 341 g/mol. The molecule has 1 aromatic carbocycles. The minimum atomic E-state index is -3.51. The molecular weight excluding hydrogens is 318 g/mol. The van der Waals surface area contributed by atoms with Crippen LogP contribution in [0.4, 0.5) is 0 Å². The molecule has 0 bridgehead atoms. The molecule has 0 aliphatic carbocycles. The standard InChI is InChI=1S/C16H23NO5S/c1-3-21-14-7-8-22-16(10-14)11-17(12-16)23(18,19)15-6-4-5-13(9-15)20-2/h4-6,9,14H,3,7-8,10-12H2,1-2H3/t14-/m0/s1. The smallest absolute Gasteiger partial charge is 0.243 e. The van der Waals surface area contributed by atoms with Crippen molar-refractivity contribution < 1.29 is 22.6 Å². The largest absolute Gasteiger partial charge is 0.497 e. The third-order valence-electron chi connectivity index (χ3n) is 4.46. The van der Waals surface area contributed by atoms with Gasteiger partial charge in [0.15, 0.2) is 0 Å². The van der Waals surface area contributed by atoms with E-state index in [1.54, 1.807) is 24.3 Å². The molecular formula is C16H23NO5S. The van der Waals surface area contributed by atoms with Crippen molar-refractivity contribution in [3.63, 3.8) is 0 Å². The van der Waals surface area contributed by atoms with Crippen molar-refractivity contribution in [3.05, 3.63) is 24.3 Å². The average molecular weight is 341 g/mol. The summed E-state index contributed by atoms with van der Waals surface area (Å²) < 4.78 is 43.5. The summed E-state index contributed by atoms with van der Waals surface area (Å²) in [7, 11) is -1.99. The molecule has 0 aromatic heterocycles. The molecule has 0 radical (unpaired) electrons. The van der Waals surface area contributed by atoms with Crippen LogP contribution in [0.2, 0.25) is 0 Å².